The molecule has 1 heterocycles. The highest BCUT2D eigenvalue weighted by Gasteiger charge is 2.32. The summed E-state index contributed by atoms with van der Waals surface area (Å²) >= 11 is 0. The fraction of sp³-hybridized carbons (Fsp3) is 0.316. The predicted molar refractivity (Wildman–Crippen MR) is 101 cm³/mol. The van der Waals surface area contributed by atoms with Crippen LogP contribution in [-0.4, -0.2) is 39.8 Å². The lowest BCUT2D eigenvalue weighted by Crippen LogP contribution is -2.49. The smallest absolute Gasteiger partial charge is 0.269 e. The molecular formula is C19H22N2O4S. The SMILES string of the molecule is CN1C(=O)C(CNS(=O)(=O)CCCc2ccccc2)Oc2ccccc21. The van der Waals surface area contributed by atoms with Crippen molar-refractivity contribution in [2.24, 2.45) is 0 Å². The standard InChI is InChI=1S/C19H22N2O4S/c1-21-16-11-5-6-12-17(16)25-18(19(21)22)14-20-26(23,24)13-7-10-15-8-3-2-4-9-15/h2-6,8-9,11-12,18,20H,7,10,13-14H2,1H3. The molecule has 1 N–H and O–H groups in total. The molecule has 0 fully saturated rings. The van der Waals surface area contributed by atoms with E-state index in [4.69, 9.17) is 4.74 Å². The van der Waals surface area contributed by atoms with Gasteiger partial charge in [0.15, 0.2) is 6.10 Å². The molecular weight excluding hydrogens is 352 g/mol. The number of likely N-dealkylation sites (N-methyl/N-ethyl adjacent to an activating group) is 1. The minimum absolute atomic E-state index is 0.00916. The number of hydrogen-bond donors (Lipinski definition) is 1. The quantitative estimate of drug-likeness (QED) is 0.804. The summed E-state index contributed by atoms with van der Waals surface area (Å²) in [7, 11) is -1.81. The van der Waals surface area contributed by atoms with E-state index >= 15 is 0 Å². The van der Waals surface area contributed by atoms with Gasteiger partial charge in [0, 0.05) is 7.05 Å². The molecule has 0 aliphatic carbocycles. The Morgan fingerprint density at radius 3 is 2.54 bits per heavy atom. The Morgan fingerprint density at radius 2 is 1.77 bits per heavy atom. The number of para-hydroxylation sites is 2. The number of anilines is 1. The van der Waals surface area contributed by atoms with Gasteiger partial charge in [-0.1, -0.05) is 42.5 Å². The summed E-state index contributed by atoms with van der Waals surface area (Å²) in [4.78, 5) is 13.9. The molecule has 0 aromatic heterocycles. The van der Waals surface area contributed by atoms with Gasteiger partial charge in [-0.3, -0.25) is 4.79 Å². The van der Waals surface area contributed by atoms with Gasteiger partial charge in [0.25, 0.3) is 5.91 Å². The van der Waals surface area contributed by atoms with Gasteiger partial charge in [-0.15, -0.1) is 0 Å². The number of fused-ring (bicyclic) bond motifs is 1. The van der Waals surface area contributed by atoms with Gasteiger partial charge in [0.1, 0.15) is 5.75 Å². The zero-order valence-corrected chi connectivity index (χ0v) is 15.4. The summed E-state index contributed by atoms with van der Waals surface area (Å²) in [5.74, 6) is 0.313. The van der Waals surface area contributed by atoms with E-state index in [0.29, 0.717) is 24.3 Å². The van der Waals surface area contributed by atoms with E-state index in [1.807, 2.05) is 42.5 Å². The Bertz CT molecular complexity index is 868. The molecule has 2 aromatic carbocycles. The zero-order valence-electron chi connectivity index (χ0n) is 14.6. The van der Waals surface area contributed by atoms with E-state index in [0.717, 1.165) is 5.56 Å². The van der Waals surface area contributed by atoms with Crippen molar-refractivity contribution >= 4 is 21.6 Å². The molecule has 7 heteroatoms. The van der Waals surface area contributed by atoms with Crippen LogP contribution in [0.1, 0.15) is 12.0 Å². The summed E-state index contributed by atoms with van der Waals surface area (Å²) < 4.78 is 32.6. The monoisotopic (exact) mass is 374 g/mol. The number of benzene rings is 2. The van der Waals surface area contributed by atoms with Crippen molar-refractivity contribution in [2.45, 2.75) is 18.9 Å². The maximum absolute atomic E-state index is 12.4. The summed E-state index contributed by atoms with van der Waals surface area (Å²) in [5, 5.41) is 0. The first kappa shape index (κ1) is 18.4. The van der Waals surface area contributed by atoms with E-state index in [2.05, 4.69) is 4.72 Å². The fourth-order valence-corrected chi connectivity index (χ4v) is 3.96. The maximum Gasteiger partial charge on any atom is 0.269 e. The molecule has 1 aliphatic heterocycles. The van der Waals surface area contributed by atoms with Crippen molar-refractivity contribution in [1.82, 2.24) is 4.72 Å². The molecule has 6 nitrogen and oxygen atoms in total. The van der Waals surface area contributed by atoms with E-state index in [1.165, 1.54) is 4.90 Å². The first-order chi connectivity index (χ1) is 12.5. The maximum atomic E-state index is 12.4. The van der Waals surface area contributed by atoms with Crippen LogP contribution in [0.15, 0.2) is 54.6 Å². The average Bonchev–Trinajstić information content (AvgIpc) is 2.64. The molecule has 26 heavy (non-hydrogen) atoms. The fourth-order valence-electron chi connectivity index (χ4n) is 2.89. The second kappa shape index (κ2) is 7.88. The third kappa shape index (κ3) is 4.42. The highest BCUT2D eigenvalue weighted by molar-refractivity contribution is 7.89. The van der Waals surface area contributed by atoms with Gasteiger partial charge in [0.05, 0.1) is 18.0 Å². The first-order valence-electron chi connectivity index (χ1n) is 8.51. The van der Waals surface area contributed by atoms with Crippen LogP contribution in [0.25, 0.3) is 0 Å². The molecule has 1 amide bonds. The molecule has 1 unspecified atom stereocenters. The Kier molecular flexibility index (Phi) is 5.58. The van der Waals surface area contributed by atoms with Gasteiger partial charge in [-0.2, -0.15) is 0 Å². The number of carbonyl (C=O) groups is 1. The highest BCUT2D eigenvalue weighted by atomic mass is 32.2. The third-order valence-corrected chi connectivity index (χ3v) is 5.74. The number of hydrogen-bond acceptors (Lipinski definition) is 4. The summed E-state index contributed by atoms with van der Waals surface area (Å²) in [5.41, 5.74) is 1.78. The van der Waals surface area contributed by atoms with Gasteiger partial charge in [0.2, 0.25) is 10.0 Å². The number of ether oxygens (including phenoxy) is 1. The average molecular weight is 374 g/mol. The van der Waals surface area contributed by atoms with Crippen molar-refractivity contribution in [3.8, 4) is 5.75 Å². The summed E-state index contributed by atoms with van der Waals surface area (Å²) in [6.07, 6.45) is 0.344. The molecule has 138 valence electrons. The normalized spacial score (nSPS) is 16.9. The van der Waals surface area contributed by atoms with E-state index in [-0.39, 0.29) is 18.2 Å². The Labute approximate surface area is 153 Å². The van der Waals surface area contributed by atoms with Crippen molar-refractivity contribution in [3.63, 3.8) is 0 Å². The zero-order chi connectivity index (χ0) is 18.6. The largest absolute Gasteiger partial charge is 0.477 e. The molecule has 0 bridgehead atoms. The lowest BCUT2D eigenvalue weighted by molar-refractivity contribution is -0.125. The molecule has 0 saturated carbocycles. The molecule has 0 radical (unpaired) electrons. The van der Waals surface area contributed by atoms with Crippen molar-refractivity contribution < 1.29 is 17.9 Å². The first-order valence-corrected chi connectivity index (χ1v) is 10.2. The summed E-state index contributed by atoms with van der Waals surface area (Å²) in [6, 6.07) is 16.9. The number of nitrogens with zero attached hydrogens (tertiary/aromatic N) is 1. The van der Waals surface area contributed by atoms with Crippen LogP contribution in [-0.2, 0) is 21.2 Å². The van der Waals surface area contributed by atoms with Crippen LogP contribution >= 0.6 is 0 Å². The molecule has 1 atom stereocenters. The van der Waals surface area contributed by atoms with Gasteiger partial charge in [-0.25, -0.2) is 13.1 Å². The van der Waals surface area contributed by atoms with Gasteiger partial charge in [-0.05, 0) is 30.5 Å². The second-order valence-electron chi connectivity index (χ2n) is 6.23. The minimum atomic E-state index is -3.47. The van der Waals surface area contributed by atoms with Crippen LogP contribution in [0, 0.1) is 0 Å². The number of aryl methyl sites for hydroxylation is 1. The Morgan fingerprint density at radius 1 is 1.08 bits per heavy atom. The van der Waals surface area contributed by atoms with Crippen LogP contribution in [0.4, 0.5) is 5.69 Å². The lowest BCUT2D eigenvalue weighted by Gasteiger charge is -2.31. The van der Waals surface area contributed by atoms with Crippen molar-refractivity contribution in [1.29, 1.82) is 0 Å². The summed E-state index contributed by atoms with van der Waals surface area (Å²) in [6.45, 7) is -0.0782. The number of sulfonamides is 1. The van der Waals surface area contributed by atoms with Crippen LogP contribution in [0.2, 0.25) is 0 Å². The molecule has 2 aromatic rings. The highest BCUT2D eigenvalue weighted by Crippen LogP contribution is 2.32. The molecule has 1 aliphatic rings. The molecule has 3 rings (SSSR count). The number of carbonyl (C=O) groups excluding carboxylic acids is 1. The number of nitrogens with one attached hydrogen (secondary N) is 1. The van der Waals surface area contributed by atoms with E-state index in [1.54, 1.807) is 19.2 Å². The van der Waals surface area contributed by atoms with Crippen LogP contribution < -0.4 is 14.4 Å². The van der Waals surface area contributed by atoms with E-state index < -0.39 is 16.1 Å². The van der Waals surface area contributed by atoms with Crippen LogP contribution in [0.5, 0.6) is 5.75 Å². The third-order valence-electron chi connectivity index (χ3n) is 4.31. The topological polar surface area (TPSA) is 75.7 Å². The van der Waals surface area contributed by atoms with Crippen LogP contribution in [0.3, 0.4) is 0 Å². The van der Waals surface area contributed by atoms with Gasteiger partial charge >= 0.3 is 0 Å². The van der Waals surface area contributed by atoms with Crippen molar-refractivity contribution in [2.75, 3.05) is 24.2 Å². The second-order valence-corrected chi connectivity index (χ2v) is 8.15. The predicted octanol–water partition coefficient (Wildman–Crippen LogP) is 1.96. The number of rotatable bonds is 7. The minimum Gasteiger partial charge on any atom is -0.477 e. The molecule has 0 spiro atoms. The van der Waals surface area contributed by atoms with Gasteiger partial charge < -0.3 is 9.64 Å². The Balaban J connectivity index is 1.54. The molecule has 0 saturated heterocycles. The Hall–Kier alpha value is -2.38. The van der Waals surface area contributed by atoms with E-state index in [9.17, 15) is 13.2 Å². The lowest BCUT2D eigenvalue weighted by atomic mass is 10.1. The van der Waals surface area contributed by atoms with Crippen molar-refractivity contribution in [3.05, 3.63) is 60.2 Å². The number of amides is 1.